The van der Waals surface area contributed by atoms with Gasteiger partial charge in [-0.05, 0) is 44.0 Å². The molecule has 7 heteroatoms. The standard InChI is InChI=1S/C19H20N2O4S/c1-11-7-12(5-6-14(11)25-4)13-8-26-16-15(13)17(22)21(10-20-16)9-19(2,3)18(23)24/h5-8,10H,9H2,1-4H3,(H,23,24). The number of aryl methyl sites for hydroxylation is 1. The number of aromatic nitrogens is 2. The van der Waals surface area contributed by atoms with E-state index in [9.17, 15) is 14.7 Å². The largest absolute Gasteiger partial charge is 0.496 e. The number of methoxy groups -OCH3 is 1. The minimum Gasteiger partial charge on any atom is -0.496 e. The van der Waals surface area contributed by atoms with Crippen LogP contribution >= 0.6 is 11.3 Å². The Morgan fingerprint density at radius 1 is 1.38 bits per heavy atom. The van der Waals surface area contributed by atoms with Gasteiger partial charge in [-0.15, -0.1) is 11.3 Å². The molecule has 2 heterocycles. The number of benzene rings is 1. The van der Waals surface area contributed by atoms with E-state index in [2.05, 4.69) is 4.98 Å². The van der Waals surface area contributed by atoms with Crippen LogP contribution < -0.4 is 10.3 Å². The van der Waals surface area contributed by atoms with Crippen LogP contribution in [-0.4, -0.2) is 27.7 Å². The van der Waals surface area contributed by atoms with E-state index in [-0.39, 0.29) is 12.1 Å². The summed E-state index contributed by atoms with van der Waals surface area (Å²) < 4.78 is 6.67. The fraction of sp³-hybridized carbons (Fsp3) is 0.316. The molecule has 0 amide bonds. The van der Waals surface area contributed by atoms with Gasteiger partial charge in [-0.25, -0.2) is 4.98 Å². The lowest BCUT2D eigenvalue weighted by molar-refractivity contribution is -0.147. The number of rotatable bonds is 5. The molecule has 0 aliphatic rings. The molecular weight excluding hydrogens is 352 g/mol. The molecule has 0 aliphatic carbocycles. The minimum absolute atomic E-state index is 0.0566. The van der Waals surface area contributed by atoms with Gasteiger partial charge in [-0.2, -0.15) is 0 Å². The zero-order chi connectivity index (χ0) is 19.1. The van der Waals surface area contributed by atoms with Gasteiger partial charge in [-0.1, -0.05) is 6.07 Å². The Balaban J connectivity index is 2.14. The molecule has 0 aliphatic heterocycles. The summed E-state index contributed by atoms with van der Waals surface area (Å²) in [5, 5.41) is 11.8. The Morgan fingerprint density at radius 2 is 2.12 bits per heavy atom. The molecular formula is C19H20N2O4S. The number of carboxylic acids is 1. The second-order valence-corrected chi connectivity index (χ2v) is 7.74. The molecule has 136 valence electrons. The lowest BCUT2D eigenvalue weighted by atomic mass is 9.94. The Hall–Kier alpha value is -2.67. The Bertz CT molecular complexity index is 1050. The molecule has 0 unspecified atom stereocenters. The first-order chi connectivity index (χ1) is 12.2. The van der Waals surface area contributed by atoms with Gasteiger partial charge in [0.05, 0.1) is 24.2 Å². The van der Waals surface area contributed by atoms with E-state index in [4.69, 9.17) is 4.74 Å². The molecule has 2 aromatic heterocycles. The van der Waals surface area contributed by atoms with E-state index in [1.165, 1.54) is 22.2 Å². The number of ether oxygens (including phenoxy) is 1. The zero-order valence-corrected chi connectivity index (χ0v) is 15.9. The highest BCUT2D eigenvalue weighted by molar-refractivity contribution is 7.17. The predicted molar refractivity (Wildman–Crippen MR) is 102 cm³/mol. The van der Waals surface area contributed by atoms with Crippen molar-refractivity contribution in [1.29, 1.82) is 0 Å². The van der Waals surface area contributed by atoms with E-state index in [0.29, 0.717) is 10.2 Å². The highest BCUT2D eigenvalue weighted by Gasteiger charge is 2.28. The molecule has 0 atom stereocenters. The summed E-state index contributed by atoms with van der Waals surface area (Å²) in [5.41, 5.74) is 1.39. The summed E-state index contributed by atoms with van der Waals surface area (Å²) in [6, 6.07) is 5.75. The zero-order valence-electron chi connectivity index (χ0n) is 15.1. The van der Waals surface area contributed by atoms with Crippen molar-refractivity contribution in [2.75, 3.05) is 7.11 Å². The topological polar surface area (TPSA) is 81.4 Å². The molecule has 0 fully saturated rings. The van der Waals surface area contributed by atoms with Gasteiger partial charge in [0, 0.05) is 17.5 Å². The van der Waals surface area contributed by atoms with Crippen LogP contribution in [0, 0.1) is 12.3 Å². The van der Waals surface area contributed by atoms with Gasteiger partial charge in [0.25, 0.3) is 5.56 Å². The maximum atomic E-state index is 13.0. The SMILES string of the molecule is COc1ccc(-c2csc3ncn(CC(C)(C)C(=O)O)c(=O)c23)cc1C. The van der Waals surface area contributed by atoms with Crippen LogP contribution in [0.3, 0.4) is 0 Å². The van der Waals surface area contributed by atoms with Gasteiger partial charge >= 0.3 is 5.97 Å². The number of carboxylic acid groups (broad SMARTS) is 1. The molecule has 1 aromatic carbocycles. The predicted octanol–water partition coefficient (Wildman–Crippen LogP) is 3.55. The van der Waals surface area contributed by atoms with Crippen molar-refractivity contribution < 1.29 is 14.6 Å². The van der Waals surface area contributed by atoms with E-state index >= 15 is 0 Å². The fourth-order valence-corrected chi connectivity index (χ4v) is 3.74. The number of fused-ring (bicyclic) bond motifs is 1. The summed E-state index contributed by atoms with van der Waals surface area (Å²) in [4.78, 5) is 29.4. The number of thiophene rings is 1. The van der Waals surface area contributed by atoms with Gasteiger partial charge in [0.2, 0.25) is 0 Å². The first-order valence-corrected chi connectivity index (χ1v) is 8.97. The van der Waals surface area contributed by atoms with Crippen molar-refractivity contribution in [2.45, 2.75) is 27.3 Å². The normalized spacial score (nSPS) is 11.7. The first kappa shape index (κ1) is 18.1. The van der Waals surface area contributed by atoms with Gasteiger partial charge in [0.15, 0.2) is 0 Å². The van der Waals surface area contributed by atoms with E-state index in [1.54, 1.807) is 21.0 Å². The number of hydrogen-bond donors (Lipinski definition) is 1. The van der Waals surface area contributed by atoms with Gasteiger partial charge in [-0.3, -0.25) is 14.2 Å². The van der Waals surface area contributed by atoms with Crippen LogP contribution in [0.4, 0.5) is 0 Å². The third kappa shape index (κ3) is 3.10. The Labute approximate surface area is 154 Å². The number of hydrogen-bond acceptors (Lipinski definition) is 5. The molecule has 3 rings (SSSR count). The van der Waals surface area contributed by atoms with E-state index < -0.39 is 11.4 Å². The monoisotopic (exact) mass is 372 g/mol. The van der Waals surface area contributed by atoms with Crippen LogP contribution in [0.2, 0.25) is 0 Å². The third-order valence-corrected chi connectivity index (χ3v) is 5.30. The highest BCUT2D eigenvalue weighted by atomic mass is 32.1. The summed E-state index contributed by atoms with van der Waals surface area (Å²) >= 11 is 1.40. The molecule has 0 saturated heterocycles. The molecule has 3 aromatic rings. The summed E-state index contributed by atoms with van der Waals surface area (Å²) in [6.45, 7) is 5.19. The summed E-state index contributed by atoms with van der Waals surface area (Å²) in [6.07, 6.45) is 1.43. The van der Waals surface area contributed by atoms with Crippen molar-refractivity contribution in [3.8, 4) is 16.9 Å². The third-order valence-electron chi connectivity index (χ3n) is 4.41. The number of aliphatic carboxylic acids is 1. The van der Waals surface area contributed by atoms with Crippen molar-refractivity contribution in [1.82, 2.24) is 9.55 Å². The Morgan fingerprint density at radius 3 is 2.73 bits per heavy atom. The Kier molecular flexibility index (Phi) is 4.58. The maximum Gasteiger partial charge on any atom is 0.310 e. The van der Waals surface area contributed by atoms with Gasteiger partial charge < -0.3 is 9.84 Å². The molecule has 1 N–H and O–H groups in total. The van der Waals surface area contributed by atoms with Gasteiger partial charge in [0.1, 0.15) is 10.6 Å². The number of nitrogens with zero attached hydrogens (tertiary/aromatic N) is 2. The smallest absolute Gasteiger partial charge is 0.310 e. The van der Waals surface area contributed by atoms with Crippen LogP contribution in [0.5, 0.6) is 5.75 Å². The molecule has 26 heavy (non-hydrogen) atoms. The van der Waals surface area contributed by atoms with Crippen LogP contribution in [0.15, 0.2) is 34.7 Å². The molecule has 6 nitrogen and oxygen atoms in total. The first-order valence-electron chi connectivity index (χ1n) is 8.09. The summed E-state index contributed by atoms with van der Waals surface area (Å²) in [7, 11) is 1.62. The highest BCUT2D eigenvalue weighted by Crippen LogP contribution is 2.33. The average molecular weight is 372 g/mol. The fourth-order valence-electron chi connectivity index (χ4n) is 2.83. The molecule has 0 radical (unpaired) electrons. The van der Waals surface area contributed by atoms with Crippen LogP contribution in [0.1, 0.15) is 19.4 Å². The lowest BCUT2D eigenvalue weighted by Crippen LogP contribution is -2.34. The maximum absolute atomic E-state index is 13.0. The minimum atomic E-state index is -1.06. The van der Waals surface area contributed by atoms with Crippen molar-refractivity contribution in [2.24, 2.45) is 5.41 Å². The second-order valence-electron chi connectivity index (χ2n) is 6.88. The quantitative estimate of drug-likeness (QED) is 0.741. The van der Waals surface area contributed by atoms with E-state index in [1.807, 2.05) is 30.5 Å². The average Bonchev–Trinajstić information content (AvgIpc) is 3.02. The van der Waals surface area contributed by atoms with Crippen molar-refractivity contribution in [3.05, 3.63) is 45.8 Å². The lowest BCUT2D eigenvalue weighted by Gasteiger charge is -2.20. The summed E-state index contributed by atoms with van der Waals surface area (Å²) in [5.74, 6) is -0.173. The van der Waals surface area contributed by atoms with E-state index in [0.717, 1.165) is 22.4 Å². The van der Waals surface area contributed by atoms with Crippen LogP contribution in [-0.2, 0) is 11.3 Å². The number of carbonyl (C=O) groups is 1. The molecule has 0 bridgehead atoms. The van der Waals surface area contributed by atoms with Crippen molar-refractivity contribution in [3.63, 3.8) is 0 Å². The molecule has 0 saturated carbocycles. The van der Waals surface area contributed by atoms with Crippen molar-refractivity contribution >= 4 is 27.5 Å². The molecule has 0 spiro atoms. The second kappa shape index (κ2) is 6.57. The van der Waals surface area contributed by atoms with Crippen LogP contribution in [0.25, 0.3) is 21.3 Å².